The number of benzene rings is 2. The lowest BCUT2D eigenvalue weighted by Crippen LogP contribution is -2.10. The zero-order valence-electron chi connectivity index (χ0n) is 13.0. The second-order valence-electron chi connectivity index (χ2n) is 6.48. The van der Waals surface area contributed by atoms with E-state index in [2.05, 4.69) is 70.3 Å². The van der Waals surface area contributed by atoms with E-state index in [0.717, 1.165) is 17.1 Å². The molecule has 2 aromatic rings. The second kappa shape index (κ2) is 5.20. The van der Waals surface area contributed by atoms with Crippen molar-refractivity contribution in [3.8, 4) is 0 Å². The third kappa shape index (κ3) is 3.13. The van der Waals surface area contributed by atoms with Gasteiger partial charge in [-0.3, -0.25) is 0 Å². The lowest BCUT2D eigenvalue weighted by Gasteiger charge is -2.19. The van der Waals surface area contributed by atoms with Gasteiger partial charge < -0.3 is 11.1 Å². The molecule has 3 N–H and O–H groups in total. The maximum atomic E-state index is 6.07. The summed E-state index contributed by atoms with van der Waals surface area (Å²) in [6, 6.07) is 12.7. The van der Waals surface area contributed by atoms with Gasteiger partial charge in [-0.25, -0.2) is 0 Å². The highest BCUT2D eigenvalue weighted by Crippen LogP contribution is 2.28. The quantitative estimate of drug-likeness (QED) is 0.758. The summed E-state index contributed by atoms with van der Waals surface area (Å²) in [5, 5.41) is 3.39. The number of aryl methyl sites for hydroxylation is 2. The van der Waals surface area contributed by atoms with E-state index in [0.29, 0.717) is 0 Å². The van der Waals surface area contributed by atoms with E-state index < -0.39 is 0 Å². The fraction of sp³-hybridized carbons (Fsp3) is 0.333. The minimum atomic E-state index is 0.179. The Hall–Kier alpha value is -1.96. The Morgan fingerprint density at radius 1 is 0.900 bits per heavy atom. The molecule has 0 aromatic heterocycles. The fourth-order valence-corrected chi connectivity index (χ4v) is 2.16. The average molecular weight is 268 g/mol. The summed E-state index contributed by atoms with van der Waals surface area (Å²) in [5.41, 5.74) is 12.9. The zero-order chi connectivity index (χ0) is 14.9. The van der Waals surface area contributed by atoms with E-state index in [-0.39, 0.29) is 5.41 Å². The van der Waals surface area contributed by atoms with Gasteiger partial charge in [0.1, 0.15) is 0 Å². The van der Waals surface area contributed by atoms with Gasteiger partial charge in [0.15, 0.2) is 0 Å². The first-order chi connectivity index (χ1) is 9.27. The number of hydrogen-bond donors (Lipinski definition) is 2. The number of rotatable bonds is 2. The average Bonchev–Trinajstić information content (AvgIpc) is 2.35. The molecule has 0 amide bonds. The molecule has 20 heavy (non-hydrogen) atoms. The van der Waals surface area contributed by atoms with Gasteiger partial charge in [-0.1, -0.05) is 32.9 Å². The standard InChI is InChI=1S/C18H24N2/c1-12-10-16(19)17(11-13(12)2)20-15-8-6-14(7-9-15)18(3,4)5/h6-11,20H,19H2,1-5H3. The predicted molar refractivity (Wildman–Crippen MR) is 88.8 cm³/mol. The first kappa shape index (κ1) is 14.4. The number of nitrogens with one attached hydrogen (secondary N) is 1. The van der Waals surface area contributed by atoms with Gasteiger partial charge in [-0.2, -0.15) is 0 Å². The highest BCUT2D eigenvalue weighted by atomic mass is 14.9. The Kier molecular flexibility index (Phi) is 3.76. The molecule has 2 nitrogen and oxygen atoms in total. The Labute approximate surface area is 122 Å². The van der Waals surface area contributed by atoms with Crippen LogP contribution in [-0.2, 0) is 5.41 Å². The van der Waals surface area contributed by atoms with Gasteiger partial charge in [0.25, 0.3) is 0 Å². The lowest BCUT2D eigenvalue weighted by atomic mass is 9.87. The van der Waals surface area contributed by atoms with E-state index in [9.17, 15) is 0 Å². The van der Waals surface area contributed by atoms with Crippen molar-refractivity contribution in [3.63, 3.8) is 0 Å². The molecule has 0 radical (unpaired) electrons. The molecule has 0 saturated carbocycles. The van der Waals surface area contributed by atoms with Crippen LogP contribution in [0.4, 0.5) is 17.1 Å². The first-order valence-electron chi connectivity index (χ1n) is 7.01. The summed E-state index contributed by atoms with van der Waals surface area (Å²) in [6.45, 7) is 10.8. The third-order valence-electron chi connectivity index (χ3n) is 3.70. The smallest absolute Gasteiger partial charge is 0.0620 e. The minimum Gasteiger partial charge on any atom is -0.397 e. The lowest BCUT2D eigenvalue weighted by molar-refractivity contribution is 0.590. The maximum Gasteiger partial charge on any atom is 0.0620 e. The summed E-state index contributed by atoms with van der Waals surface area (Å²) in [5.74, 6) is 0. The van der Waals surface area contributed by atoms with Crippen LogP contribution in [0.25, 0.3) is 0 Å². The van der Waals surface area contributed by atoms with Gasteiger partial charge in [0, 0.05) is 5.69 Å². The van der Waals surface area contributed by atoms with Crippen molar-refractivity contribution in [2.24, 2.45) is 0 Å². The summed E-state index contributed by atoms with van der Waals surface area (Å²) < 4.78 is 0. The van der Waals surface area contributed by atoms with Crippen molar-refractivity contribution < 1.29 is 0 Å². The van der Waals surface area contributed by atoms with Crippen molar-refractivity contribution in [2.45, 2.75) is 40.0 Å². The molecule has 0 aliphatic heterocycles. The Morgan fingerprint density at radius 2 is 1.45 bits per heavy atom. The fourth-order valence-electron chi connectivity index (χ4n) is 2.16. The predicted octanol–water partition coefficient (Wildman–Crippen LogP) is 4.93. The van der Waals surface area contributed by atoms with Crippen molar-refractivity contribution in [2.75, 3.05) is 11.1 Å². The SMILES string of the molecule is Cc1cc(N)c(Nc2ccc(C(C)(C)C)cc2)cc1C. The highest BCUT2D eigenvalue weighted by molar-refractivity contribution is 5.74. The van der Waals surface area contributed by atoms with E-state index in [1.54, 1.807) is 0 Å². The van der Waals surface area contributed by atoms with E-state index in [1.165, 1.54) is 16.7 Å². The maximum absolute atomic E-state index is 6.07. The Morgan fingerprint density at radius 3 is 2.00 bits per heavy atom. The molecule has 0 unspecified atom stereocenters. The van der Waals surface area contributed by atoms with Crippen LogP contribution in [0.1, 0.15) is 37.5 Å². The van der Waals surface area contributed by atoms with E-state index >= 15 is 0 Å². The van der Waals surface area contributed by atoms with Crippen molar-refractivity contribution in [1.29, 1.82) is 0 Å². The van der Waals surface area contributed by atoms with Crippen LogP contribution in [0.5, 0.6) is 0 Å². The molecule has 0 aliphatic rings. The van der Waals surface area contributed by atoms with Crippen LogP contribution in [0, 0.1) is 13.8 Å². The Balaban J connectivity index is 2.25. The van der Waals surface area contributed by atoms with Crippen molar-refractivity contribution in [1.82, 2.24) is 0 Å². The molecule has 2 aromatic carbocycles. The van der Waals surface area contributed by atoms with Crippen LogP contribution in [0.3, 0.4) is 0 Å². The number of nitrogen functional groups attached to an aromatic ring is 1. The highest BCUT2D eigenvalue weighted by Gasteiger charge is 2.13. The van der Waals surface area contributed by atoms with Crippen LogP contribution < -0.4 is 11.1 Å². The summed E-state index contributed by atoms with van der Waals surface area (Å²) in [7, 11) is 0. The molecule has 0 spiro atoms. The van der Waals surface area contributed by atoms with E-state index in [4.69, 9.17) is 5.73 Å². The molecular weight excluding hydrogens is 244 g/mol. The molecule has 106 valence electrons. The van der Waals surface area contributed by atoms with Crippen LogP contribution in [0.15, 0.2) is 36.4 Å². The monoisotopic (exact) mass is 268 g/mol. The van der Waals surface area contributed by atoms with Crippen LogP contribution >= 0.6 is 0 Å². The number of nitrogens with two attached hydrogens (primary N) is 1. The van der Waals surface area contributed by atoms with Crippen LogP contribution in [0.2, 0.25) is 0 Å². The second-order valence-corrected chi connectivity index (χ2v) is 6.48. The van der Waals surface area contributed by atoms with Gasteiger partial charge in [0.2, 0.25) is 0 Å². The van der Waals surface area contributed by atoms with Crippen LogP contribution in [-0.4, -0.2) is 0 Å². The van der Waals surface area contributed by atoms with Gasteiger partial charge in [0.05, 0.1) is 11.4 Å². The molecule has 2 rings (SSSR count). The normalized spacial score (nSPS) is 11.4. The topological polar surface area (TPSA) is 38.0 Å². The molecule has 0 heterocycles. The molecule has 0 aliphatic carbocycles. The van der Waals surface area contributed by atoms with Gasteiger partial charge in [-0.15, -0.1) is 0 Å². The summed E-state index contributed by atoms with van der Waals surface area (Å²) in [6.07, 6.45) is 0. The molecule has 2 heteroatoms. The van der Waals surface area contributed by atoms with E-state index in [1.807, 2.05) is 6.07 Å². The number of hydrogen-bond acceptors (Lipinski definition) is 2. The van der Waals surface area contributed by atoms with Gasteiger partial charge >= 0.3 is 0 Å². The summed E-state index contributed by atoms with van der Waals surface area (Å²) in [4.78, 5) is 0. The van der Waals surface area contributed by atoms with Crippen molar-refractivity contribution in [3.05, 3.63) is 53.1 Å². The first-order valence-corrected chi connectivity index (χ1v) is 7.01. The zero-order valence-corrected chi connectivity index (χ0v) is 13.0. The summed E-state index contributed by atoms with van der Waals surface area (Å²) >= 11 is 0. The largest absolute Gasteiger partial charge is 0.397 e. The van der Waals surface area contributed by atoms with Crippen molar-refractivity contribution >= 4 is 17.1 Å². The molecule has 0 fully saturated rings. The molecular formula is C18H24N2. The minimum absolute atomic E-state index is 0.179. The Bertz CT molecular complexity index is 605. The molecule has 0 atom stereocenters. The molecule has 0 saturated heterocycles. The third-order valence-corrected chi connectivity index (χ3v) is 3.70. The molecule has 0 bridgehead atoms. The number of anilines is 3. The van der Waals surface area contributed by atoms with Gasteiger partial charge in [-0.05, 0) is 60.2 Å².